The fourth-order valence-electron chi connectivity index (χ4n) is 3.28. The molecule has 30 heavy (non-hydrogen) atoms. The molecule has 1 fully saturated rings. The van der Waals surface area contributed by atoms with E-state index in [1.807, 2.05) is 22.8 Å². The second kappa shape index (κ2) is 15.8. The summed E-state index contributed by atoms with van der Waals surface area (Å²) in [6, 6.07) is 8.19. The lowest BCUT2D eigenvalue weighted by Gasteiger charge is -2.19. The van der Waals surface area contributed by atoms with Crippen molar-refractivity contribution < 1.29 is 25.0 Å². The molecule has 0 bridgehead atoms. The van der Waals surface area contributed by atoms with Crippen molar-refractivity contribution >= 4 is 5.52 Å². The van der Waals surface area contributed by atoms with E-state index < -0.39 is 0 Å². The van der Waals surface area contributed by atoms with Crippen molar-refractivity contribution in [1.29, 1.82) is 0 Å². The molecule has 3 heterocycles. The first kappa shape index (κ1) is 24.3. The SMILES string of the molecule is CC#CCOOOO.c1ccn2nc(COCCCCN3CCCCCC3)cc2c1. The van der Waals surface area contributed by atoms with Gasteiger partial charge in [-0.2, -0.15) is 9.99 Å². The highest BCUT2D eigenvalue weighted by atomic mass is 17.6. The molecule has 0 spiro atoms. The summed E-state index contributed by atoms with van der Waals surface area (Å²) in [4.78, 5) is 6.70. The van der Waals surface area contributed by atoms with Crippen LogP contribution in [-0.2, 0) is 26.3 Å². The van der Waals surface area contributed by atoms with Crippen molar-refractivity contribution in [3.8, 4) is 11.8 Å². The van der Waals surface area contributed by atoms with Crippen LogP contribution in [0.4, 0.5) is 0 Å². The molecule has 0 aromatic carbocycles. The third kappa shape index (κ3) is 10.2. The third-order valence-corrected chi connectivity index (χ3v) is 4.77. The zero-order valence-corrected chi connectivity index (χ0v) is 17.8. The van der Waals surface area contributed by atoms with Crippen LogP contribution in [0.5, 0.6) is 0 Å². The normalized spacial score (nSPS) is 14.5. The zero-order chi connectivity index (χ0) is 21.3. The van der Waals surface area contributed by atoms with E-state index in [0.717, 1.165) is 24.2 Å². The summed E-state index contributed by atoms with van der Waals surface area (Å²) in [6.45, 7) is 7.01. The number of aromatic nitrogens is 2. The smallest absolute Gasteiger partial charge is 0.146 e. The molecule has 1 N–H and O–H groups in total. The molecule has 8 heteroatoms. The standard InChI is InChI=1S/C18H27N3O.C4H6O4/c1-2-5-11-20(10-4-1)12-7-8-14-22-16-17-15-18-9-3-6-13-21(18)19-17;1-2-3-4-6-8-7-5/h3,6,9,13,15H,1-2,4-5,7-8,10-12,14,16H2;5H,4H2,1H3. The summed E-state index contributed by atoms with van der Waals surface area (Å²) >= 11 is 0. The van der Waals surface area contributed by atoms with Crippen molar-refractivity contribution in [3.63, 3.8) is 0 Å². The van der Waals surface area contributed by atoms with Crippen LogP contribution in [0.3, 0.4) is 0 Å². The number of pyridine rings is 1. The molecule has 0 saturated carbocycles. The number of hydrogen-bond donors (Lipinski definition) is 1. The first-order chi connectivity index (χ1) is 14.8. The van der Waals surface area contributed by atoms with Crippen LogP contribution in [0.25, 0.3) is 5.52 Å². The molecular weight excluding hydrogens is 386 g/mol. The van der Waals surface area contributed by atoms with Gasteiger partial charge in [-0.05, 0) is 80.5 Å². The molecule has 0 atom stereocenters. The molecule has 166 valence electrons. The van der Waals surface area contributed by atoms with E-state index in [0.29, 0.717) is 6.61 Å². The monoisotopic (exact) mass is 419 g/mol. The molecule has 1 saturated heterocycles. The first-order valence-electron chi connectivity index (χ1n) is 10.6. The number of rotatable bonds is 10. The van der Waals surface area contributed by atoms with Crippen LogP contribution in [-0.4, -0.2) is 52.6 Å². The summed E-state index contributed by atoms with van der Waals surface area (Å²) in [5.74, 6) is 5.03. The van der Waals surface area contributed by atoms with E-state index >= 15 is 0 Å². The minimum Gasteiger partial charge on any atom is -0.375 e. The topological polar surface area (TPSA) is 77.7 Å². The number of fused-ring (bicyclic) bond motifs is 1. The molecule has 3 rings (SSSR count). The van der Waals surface area contributed by atoms with Gasteiger partial charge in [-0.15, -0.1) is 5.92 Å². The highest BCUT2D eigenvalue weighted by Gasteiger charge is 2.08. The fraction of sp³-hybridized carbons (Fsp3) is 0.591. The van der Waals surface area contributed by atoms with Crippen LogP contribution in [0.1, 0.15) is 51.1 Å². The van der Waals surface area contributed by atoms with E-state index in [4.69, 9.17) is 9.99 Å². The number of hydrogen-bond acceptors (Lipinski definition) is 7. The van der Waals surface area contributed by atoms with Crippen molar-refractivity contribution in [3.05, 3.63) is 36.2 Å². The Bertz CT molecular complexity index is 715. The van der Waals surface area contributed by atoms with Gasteiger partial charge in [0.25, 0.3) is 0 Å². The number of likely N-dealkylation sites (tertiary alicyclic amines) is 1. The second-order valence-corrected chi connectivity index (χ2v) is 7.05. The Morgan fingerprint density at radius 1 is 1.13 bits per heavy atom. The Morgan fingerprint density at radius 3 is 2.70 bits per heavy atom. The Morgan fingerprint density at radius 2 is 1.97 bits per heavy atom. The molecule has 1 aliphatic heterocycles. The Hall–Kier alpha value is -1.99. The van der Waals surface area contributed by atoms with Crippen molar-refractivity contribution in [2.45, 2.75) is 52.1 Å². The van der Waals surface area contributed by atoms with Crippen LogP contribution < -0.4 is 0 Å². The fourth-order valence-corrected chi connectivity index (χ4v) is 3.28. The summed E-state index contributed by atoms with van der Waals surface area (Å²) < 4.78 is 7.67. The summed E-state index contributed by atoms with van der Waals surface area (Å²) in [5, 5.41) is 18.7. The maximum Gasteiger partial charge on any atom is 0.146 e. The van der Waals surface area contributed by atoms with Gasteiger partial charge in [-0.3, -0.25) is 0 Å². The average Bonchev–Trinajstić information content (AvgIpc) is 3.00. The van der Waals surface area contributed by atoms with Gasteiger partial charge in [0.2, 0.25) is 0 Å². The van der Waals surface area contributed by atoms with E-state index in [2.05, 4.69) is 48.9 Å². The van der Waals surface area contributed by atoms with E-state index in [-0.39, 0.29) is 6.61 Å². The highest BCUT2D eigenvalue weighted by molar-refractivity contribution is 5.46. The van der Waals surface area contributed by atoms with Gasteiger partial charge in [-0.1, -0.05) is 24.8 Å². The summed E-state index contributed by atoms with van der Waals surface area (Å²) in [7, 11) is 0. The van der Waals surface area contributed by atoms with Gasteiger partial charge >= 0.3 is 0 Å². The molecule has 0 aliphatic carbocycles. The molecule has 2 aromatic rings. The zero-order valence-electron chi connectivity index (χ0n) is 17.8. The van der Waals surface area contributed by atoms with E-state index in [1.165, 1.54) is 51.7 Å². The van der Waals surface area contributed by atoms with Crippen molar-refractivity contribution in [1.82, 2.24) is 14.5 Å². The van der Waals surface area contributed by atoms with Crippen LogP contribution >= 0.6 is 0 Å². The van der Waals surface area contributed by atoms with Gasteiger partial charge < -0.3 is 9.64 Å². The highest BCUT2D eigenvalue weighted by Crippen LogP contribution is 2.11. The largest absolute Gasteiger partial charge is 0.375 e. The maximum atomic E-state index is 7.47. The van der Waals surface area contributed by atoms with Gasteiger partial charge in [0, 0.05) is 12.8 Å². The minimum atomic E-state index is 0.0804. The number of unbranched alkanes of at least 4 members (excludes halogenated alkanes) is 1. The van der Waals surface area contributed by atoms with Gasteiger partial charge in [0.15, 0.2) is 0 Å². The molecule has 1 aliphatic rings. The van der Waals surface area contributed by atoms with E-state index in [1.54, 1.807) is 6.92 Å². The minimum absolute atomic E-state index is 0.0804. The molecule has 2 aromatic heterocycles. The molecule has 8 nitrogen and oxygen atoms in total. The Labute approximate surface area is 178 Å². The number of ether oxygens (including phenoxy) is 1. The predicted molar refractivity (Wildman–Crippen MR) is 113 cm³/mol. The third-order valence-electron chi connectivity index (χ3n) is 4.77. The quantitative estimate of drug-likeness (QED) is 0.271. The Kier molecular flexibility index (Phi) is 12.8. The van der Waals surface area contributed by atoms with Gasteiger partial charge in [0.1, 0.15) is 6.61 Å². The lowest BCUT2D eigenvalue weighted by molar-refractivity contribution is -0.620. The van der Waals surface area contributed by atoms with Crippen molar-refractivity contribution in [2.24, 2.45) is 0 Å². The Balaban J connectivity index is 0.000000343. The summed E-state index contributed by atoms with van der Waals surface area (Å²) in [5.41, 5.74) is 2.14. The van der Waals surface area contributed by atoms with Crippen molar-refractivity contribution in [2.75, 3.05) is 32.8 Å². The van der Waals surface area contributed by atoms with Gasteiger partial charge in [-0.25, -0.2) is 9.77 Å². The lowest BCUT2D eigenvalue weighted by Crippen LogP contribution is -2.25. The number of nitrogens with zero attached hydrogens (tertiary/aromatic N) is 3. The molecular formula is C22H33N3O5. The maximum absolute atomic E-state index is 7.47. The van der Waals surface area contributed by atoms with E-state index in [9.17, 15) is 0 Å². The van der Waals surface area contributed by atoms with Crippen LogP contribution in [0, 0.1) is 11.8 Å². The van der Waals surface area contributed by atoms with Crippen LogP contribution in [0.2, 0.25) is 0 Å². The molecule has 0 amide bonds. The predicted octanol–water partition coefficient (Wildman–Crippen LogP) is 3.87. The average molecular weight is 420 g/mol. The summed E-state index contributed by atoms with van der Waals surface area (Å²) in [6.07, 6.45) is 9.95. The second-order valence-electron chi connectivity index (χ2n) is 7.05. The van der Waals surface area contributed by atoms with Crippen LogP contribution in [0.15, 0.2) is 30.5 Å². The van der Waals surface area contributed by atoms with Gasteiger partial charge in [0.05, 0.1) is 17.8 Å². The lowest BCUT2D eigenvalue weighted by atomic mass is 10.2. The molecule has 0 unspecified atom stereocenters. The first-order valence-corrected chi connectivity index (χ1v) is 10.6. The molecule has 0 radical (unpaired) electrons.